The van der Waals surface area contributed by atoms with Gasteiger partial charge >= 0.3 is 11.9 Å². The van der Waals surface area contributed by atoms with Gasteiger partial charge in [-0.3, -0.25) is 10.1 Å². The summed E-state index contributed by atoms with van der Waals surface area (Å²) in [6.45, 7) is 1.56. The Morgan fingerprint density at radius 2 is 2.05 bits per heavy atom. The number of fused-ring (bicyclic) bond motifs is 1. The summed E-state index contributed by atoms with van der Waals surface area (Å²) >= 11 is 2.66. The van der Waals surface area contributed by atoms with Gasteiger partial charge in [-0.2, -0.15) is 13.2 Å². The third-order valence-electron chi connectivity index (χ3n) is 2.80. The van der Waals surface area contributed by atoms with Crippen LogP contribution in [0.25, 0.3) is 11.0 Å². The molecule has 1 heterocycles. The van der Waals surface area contributed by atoms with Crippen molar-refractivity contribution in [1.82, 2.24) is 9.55 Å². The first-order valence-electron chi connectivity index (χ1n) is 5.01. The molecule has 0 aliphatic carbocycles. The third-order valence-corrected chi connectivity index (χ3v) is 3.60. The molecule has 0 bridgehead atoms. The Morgan fingerprint density at radius 3 is 2.53 bits per heavy atom. The summed E-state index contributed by atoms with van der Waals surface area (Å²) in [6, 6.07) is 0.854. The van der Waals surface area contributed by atoms with E-state index in [1.165, 1.54) is 11.6 Å². The maximum Gasteiger partial charge on any atom is 0.417 e. The van der Waals surface area contributed by atoms with Crippen molar-refractivity contribution in [2.24, 2.45) is 7.05 Å². The monoisotopic (exact) mass is 337 g/mol. The van der Waals surface area contributed by atoms with Crippen LogP contribution in [0.3, 0.4) is 0 Å². The second kappa shape index (κ2) is 4.19. The number of hydrogen-bond donors (Lipinski definition) is 0. The molecule has 0 saturated heterocycles. The molecule has 0 spiro atoms. The van der Waals surface area contributed by atoms with Gasteiger partial charge in [0.1, 0.15) is 10.3 Å². The second-order valence-electron chi connectivity index (χ2n) is 3.93. The number of benzene rings is 1. The number of nitro benzene ring substituents is 1. The largest absolute Gasteiger partial charge is 0.417 e. The van der Waals surface area contributed by atoms with Crippen LogP contribution in [0.5, 0.6) is 0 Å². The SMILES string of the molecule is Cc1nc2c([N+](=O)[O-])c(Br)c(C(F)(F)F)cc2n1C. The van der Waals surface area contributed by atoms with E-state index in [0.717, 1.165) is 6.07 Å². The van der Waals surface area contributed by atoms with Crippen LogP contribution in [0.4, 0.5) is 18.9 Å². The minimum Gasteiger partial charge on any atom is -0.331 e. The summed E-state index contributed by atoms with van der Waals surface area (Å²) in [5.41, 5.74) is -1.76. The summed E-state index contributed by atoms with van der Waals surface area (Å²) < 4.78 is 39.4. The number of rotatable bonds is 1. The molecule has 0 saturated carbocycles. The first-order chi connectivity index (χ1) is 8.64. The molecule has 2 rings (SSSR count). The van der Waals surface area contributed by atoms with E-state index in [2.05, 4.69) is 20.9 Å². The molecule has 0 fully saturated rings. The number of halogens is 4. The van der Waals surface area contributed by atoms with Crippen molar-refractivity contribution in [3.63, 3.8) is 0 Å². The summed E-state index contributed by atoms with van der Waals surface area (Å²) in [5, 5.41) is 11.0. The zero-order valence-corrected chi connectivity index (χ0v) is 11.3. The molecule has 1 aromatic carbocycles. The smallest absolute Gasteiger partial charge is 0.331 e. The summed E-state index contributed by atoms with van der Waals surface area (Å²) in [5.74, 6) is 0.393. The lowest BCUT2D eigenvalue weighted by molar-refractivity contribution is -0.384. The van der Waals surface area contributed by atoms with Crippen molar-refractivity contribution < 1.29 is 18.1 Å². The van der Waals surface area contributed by atoms with Crippen molar-refractivity contribution in [3.8, 4) is 0 Å². The standard InChI is InChI=1S/C10H7BrF3N3O2/c1-4-15-8-6(16(4)2)3-5(10(12,13)14)7(11)9(8)17(18)19/h3H,1-2H3. The maximum absolute atomic E-state index is 12.9. The second-order valence-corrected chi connectivity index (χ2v) is 4.72. The Bertz CT molecular complexity index is 694. The average Bonchev–Trinajstić information content (AvgIpc) is 2.51. The minimum absolute atomic E-state index is 0.0649. The summed E-state index contributed by atoms with van der Waals surface area (Å²) in [4.78, 5) is 14.1. The summed E-state index contributed by atoms with van der Waals surface area (Å²) in [6.07, 6.45) is -4.68. The van der Waals surface area contributed by atoms with Gasteiger partial charge in [0.15, 0.2) is 5.52 Å². The van der Waals surface area contributed by atoms with E-state index in [1.807, 2.05) is 0 Å². The van der Waals surface area contributed by atoms with Crippen molar-refractivity contribution in [3.05, 3.63) is 32.0 Å². The van der Waals surface area contributed by atoms with Gasteiger partial charge in [0.2, 0.25) is 0 Å². The first kappa shape index (κ1) is 13.8. The fourth-order valence-electron chi connectivity index (χ4n) is 1.77. The molecule has 5 nitrogen and oxygen atoms in total. The number of nitro groups is 1. The van der Waals surface area contributed by atoms with Crippen LogP contribution in [0.2, 0.25) is 0 Å². The van der Waals surface area contributed by atoms with Gasteiger partial charge in [0.05, 0.1) is 16.0 Å². The average molecular weight is 338 g/mol. The zero-order valence-electron chi connectivity index (χ0n) is 9.75. The fraction of sp³-hybridized carbons (Fsp3) is 0.300. The molecule has 0 amide bonds. The molecule has 0 N–H and O–H groups in total. The normalized spacial score (nSPS) is 12.1. The Labute approximate surface area is 113 Å². The highest BCUT2D eigenvalue weighted by Gasteiger charge is 2.38. The van der Waals surface area contributed by atoms with E-state index in [4.69, 9.17) is 0 Å². The quantitative estimate of drug-likeness (QED) is 0.590. The molecule has 9 heteroatoms. The lowest BCUT2D eigenvalue weighted by atomic mass is 10.1. The van der Waals surface area contributed by atoms with Crippen molar-refractivity contribution in [1.29, 1.82) is 0 Å². The van der Waals surface area contributed by atoms with Crippen LogP contribution in [-0.2, 0) is 13.2 Å². The molecular weight excluding hydrogens is 331 g/mol. The Kier molecular flexibility index (Phi) is 3.04. The molecule has 0 aliphatic rings. The number of hydrogen-bond acceptors (Lipinski definition) is 3. The van der Waals surface area contributed by atoms with Crippen LogP contribution in [0, 0.1) is 17.0 Å². The highest BCUT2D eigenvalue weighted by atomic mass is 79.9. The van der Waals surface area contributed by atoms with E-state index in [1.54, 1.807) is 6.92 Å². The Morgan fingerprint density at radius 1 is 1.47 bits per heavy atom. The van der Waals surface area contributed by atoms with Crippen molar-refractivity contribution in [2.45, 2.75) is 13.1 Å². The molecule has 2 aromatic rings. The molecule has 19 heavy (non-hydrogen) atoms. The Balaban J connectivity index is 3.00. The predicted molar refractivity (Wildman–Crippen MR) is 64.8 cm³/mol. The van der Waals surface area contributed by atoms with Crippen molar-refractivity contribution >= 4 is 32.7 Å². The van der Waals surface area contributed by atoms with Gasteiger partial charge in [-0.25, -0.2) is 4.98 Å². The van der Waals surface area contributed by atoms with Gasteiger partial charge in [0.25, 0.3) is 0 Å². The van der Waals surface area contributed by atoms with Crippen molar-refractivity contribution in [2.75, 3.05) is 0 Å². The molecule has 0 aliphatic heterocycles. The van der Waals surface area contributed by atoms with E-state index in [0.29, 0.717) is 5.82 Å². The Hall–Kier alpha value is -1.64. The van der Waals surface area contributed by atoms with Crippen LogP contribution < -0.4 is 0 Å². The van der Waals surface area contributed by atoms with E-state index in [-0.39, 0.29) is 11.0 Å². The molecule has 0 unspecified atom stereocenters. The maximum atomic E-state index is 12.9. The zero-order chi connectivity index (χ0) is 14.5. The van der Waals surface area contributed by atoms with Gasteiger partial charge in [-0.05, 0) is 28.9 Å². The van der Waals surface area contributed by atoms with E-state index in [9.17, 15) is 23.3 Å². The van der Waals surface area contributed by atoms with Crippen LogP contribution in [-0.4, -0.2) is 14.5 Å². The number of nitrogens with zero attached hydrogens (tertiary/aromatic N) is 3. The number of aryl methyl sites for hydroxylation is 2. The number of imidazole rings is 1. The van der Waals surface area contributed by atoms with Crippen LogP contribution >= 0.6 is 15.9 Å². The first-order valence-corrected chi connectivity index (χ1v) is 5.81. The third kappa shape index (κ3) is 2.07. The lowest BCUT2D eigenvalue weighted by Gasteiger charge is -2.10. The predicted octanol–water partition coefficient (Wildman–Crippen LogP) is 3.57. The molecule has 0 radical (unpaired) electrons. The number of alkyl halides is 3. The topological polar surface area (TPSA) is 61.0 Å². The van der Waals surface area contributed by atoms with Gasteiger partial charge in [-0.1, -0.05) is 0 Å². The van der Waals surface area contributed by atoms with E-state index >= 15 is 0 Å². The number of aromatic nitrogens is 2. The molecular formula is C10H7BrF3N3O2. The molecule has 102 valence electrons. The van der Waals surface area contributed by atoms with Gasteiger partial charge in [-0.15, -0.1) is 0 Å². The molecule has 0 atom stereocenters. The fourth-order valence-corrected chi connectivity index (χ4v) is 2.44. The van der Waals surface area contributed by atoms with Gasteiger partial charge in [0, 0.05) is 7.05 Å². The lowest BCUT2D eigenvalue weighted by Crippen LogP contribution is -2.08. The minimum atomic E-state index is -4.68. The highest BCUT2D eigenvalue weighted by molar-refractivity contribution is 9.10. The van der Waals surface area contributed by atoms with Crippen LogP contribution in [0.15, 0.2) is 10.5 Å². The van der Waals surface area contributed by atoms with Crippen LogP contribution in [0.1, 0.15) is 11.4 Å². The molecule has 1 aromatic heterocycles. The van der Waals surface area contributed by atoms with Gasteiger partial charge < -0.3 is 4.57 Å². The highest BCUT2D eigenvalue weighted by Crippen LogP contribution is 2.43. The van der Waals surface area contributed by atoms with E-state index < -0.39 is 26.8 Å². The summed E-state index contributed by atoms with van der Waals surface area (Å²) in [7, 11) is 1.50.